The first kappa shape index (κ1) is 19.0. The molecule has 1 atom stereocenters. The molecule has 1 unspecified atom stereocenters. The van der Waals surface area contributed by atoms with E-state index in [1.165, 1.54) is 24.3 Å². The molecule has 136 valence electrons. The van der Waals surface area contributed by atoms with Gasteiger partial charge in [0, 0.05) is 25.5 Å². The smallest absolute Gasteiger partial charge is 0.255 e. The number of aromatic nitrogens is 1. The van der Waals surface area contributed by atoms with E-state index < -0.39 is 22.0 Å². The lowest BCUT2D eigenvalue weighted by atomic mass is 10.2. The molecule has 0 saturated heterocycles. The molecular formula is C16H21N3O5S. The van der Waals surface area contributed by atoms with Gasteiger partial charge >= 0.3 is 0 Å². The van der Waals surface area contributed by atoms with Gasteiger partial charge in [-0.15, -0.1) is 0 Å². The molecule has 0 aliphatic rings. The number of carbonyl (C=O) groups excluding carboxylic acids is 1. The quantitative estimate of drug-likeness (QED) is 0.588. The number of rotatable bonds is 9. The molecule has 0 radical (unpaired) electrons. The lowest BCUT2D eigenvalue weighted by Crippen LogP contribution is -2.26. The van der Waals surface area contributed by atoms with Gasteiger partial charge in [0.25, 0.3) is 5.91 Å². The third-order valence-electron chi connectivity index (χ3n) is 3.55. The summed E-state index contributed by atoms with van der Waals surface area (Å²) < 4.78 is 33.8. The van der Waals surface area contributed by atoms with Crippen molar-refractivity contribution in [3.63, 3.8) is 0 Å². The molecule has 0 fully saturated rings. The van der Waals surface area contributed by atoms with E-state index in [-0.39, 0.29) is 24.5 Å². The average Bonchev–Trinajstić information content (AvgIpc) is 2.99. The Hall–Kier alpha value is -2.36. The fraction of sp³-hybridized carbons (Fsp3) is 0.312. The van der Waals surface area contributed by atoms with Crippen LogP contribution in [-0.2, 0) is 21.9 Å². The Balaban J connectivity index is 1.90. The molecule has 1 aromatic heterocycles. The van der Waals surface area contributed by atoms with Gasteiger partial charge in [0.15, 0.2) is 6.61 Å². The topological polar surface area (TPSA) is 124 Å². The van der Waals surface area contributed by atoms with Crippen LogP contribution in [0.5, 0.6) is 5.75 Å². The third kappa shape index (κ3) is 5.31. The van der Waals surface area contributed by atoms with Gasteiger partial charge in [0.2, 0.25) is 10.0 Å². The van der Waals surface area contributed by atoms with E-state index in [4.69, 9.17) is 10.5 Å². The molecule has 0 aliphatic carbocycles. The van der Waals surface area contributed by atoms with Crippen LogP contribution in [0, 0.1) is 0 Å². The fourth-order valence-electron chi connectivity index (χ4n) is 2.25. The van der Waals surface area contributed by atoms with Crippen LogP contribution in [0.3, 0.4) is 0 Å². The first-order valence-electron chi connectivity index (χ1n) is 7.60. The van der Waals surface area contributed by atoms with E-state index in [1.807, 2.05) is 19.3 Å². The molecule has 2 rings (SSSR count). The van der Waals surface area contributed by atoms with Crippen molar-refractivity contribution in [3.8, 4) is 5.75 Å². The summed E-state index contributed by atoms with van der Waals surface area (Å²) in [5.41, 5.74) is 5.69. The summed E-state index contributed by atoms with van der Waals surface area (Å²) in [6.07, 6.45) is 1.30. The minimum Gasteiger partial charge on any atom is -0.484 e. The summed E-state index contributed by atoms with van der Waals surface area (Å²) >= 11 is 0. The number of amides is 1. The van der Waals surface area contributed by atoms with E-state index in [2.05, 4.69) is 4.72 Å². The lowest BCUT2D eigenvalue weighted by molar-refractivity contribution is -0.119. The summed E-state index contributed by atoms with van der Waals surface area (Å²) in [7, 11) is -1.89. The zero-order valence-electron chi connectivity index (χ0n) is 13.8. The van der Waals surface area contributed by atoms with Gasteiger partial charge < -0.3 is 20.1 Å². The van der Waals surface area contributed by atoms with Crippen LogP contribution >= 0.6 is 0 Å². The number of aryl methyl sites for hydroxylation is 1. The number of hydrogen-bond donors (Lipinski definition) is 3. The van der Waals surface area contributed by atoms with E-state index in [9.17, 15) is 18.3 Å². The predicted molar refractivity (Wildman–Crippen MR) is 91.3 cm³/mol. The number of carbonyl (C=O) groups is 1. The maximum absolute atomic E-state index is 12.2. The monoisotopic (exact) mass is 367 g/mol. The van der Waals surface area contributed by atoms with E-state index in [0.29, 0.717) is 5.75 Å². The molecule has 1 aromatic carbocycles. The Bertz CT molecular complexity index is 815. The third-order valence-corrected chi connectivity index (χ3v) is 5.03. The van der Waals surface area contributed by atoms with Crippen LogP contribution in [0.25, 0.3) is 0 Å². The Labute approximate surface area is 146 Å². The summed E-state index contributed by atoms with van der Waals surface area (Å²) in [5.74, 6) is -0.271. The molecule has 4 N–H and O–H groups in total. The van der Waals surface area contributed by atoms with Crippen LogP contribution in [-0.4, -0.2) is 37.2 Å². The van der Waals surface area contributed by atoms with Crippen molar-refractivity contribution in [2.24, 2.45) is 12.8 Å². The van der Waals surface area contributed by atoms with Crippen molar-refractivity contribution in [1.29, 1.82) is 0 Å². The molecule has 25 heavy (non-hydrogen) atoms. The number of aliphatic hydroxyl groups excluding tert-OH is 1. The van der Waals surface area contributed by atoms with Gasteiger partial charge in [0.1, 0.15) is 5.75 Å². The number of primary amides is 1. The number of nitrogens with one attached hydrogen (secondary N) is 1. The molecule has 0 aliphatic heterocycles. The first-order chi connectivity index (χ1) is 11.8. The SMILES string of the molecule is Cn1cccc1C(O)CCNS(=O)(=O)c1ccc(OCC(N)=O)cc1. The Kier molecular flexibility index (Phi) is 6.18. The zero-order chi connectivity index (χ0) is 18.4. The first-order valence-corrected chi connectivity index (χ1v) is 9.08. The van der Waals surface area contributed by atoms with E-state index in [0.717, 1.165) is 5.69 Å². The van der Waals surface area contributed by atoms with Gasteiger partial charge in [-0.25, -0.2) is 13.1 Å². The van der Waals surface area contributed by atoms with Gasteiger partial charge in [-0.3, -0.25) is 4.79 Å². The summed E-state index contributed by atoms with van der Waals surface area (Å²) in [4.78, 5) is 10.7. The maximum Gasteiger partial charge on any atom is 0.255 e. The van der Waals surface area contributed by atoms with Crippen LogP contribution in [0.4, 0.5) is 0 Å². The maximum atomic E-state index is 12.2. The molecule has 9 heteroatoms. The van der Waals surface area contributed by atoms with Crippen molar-refractivity contribution in [2.75, 3.05) is 13.2 Å². The summed E-state index contributed by atoms with van der Waals surface area (Å²) in [6, 6.07) is 9.21. The van der Waals surface area contributed by atoms with E-state index in [1.54, 1.807) is 10.6 Å². The number of benzene rings is 1. The lowest BCUT2D eigenvalue weighted by Gasteiger charge is -2.13. The van der Waals surface area contributed by atoms with Crippen molar-refractivity contribution < 1.29 is 23.1 Å². The normalized spacial score (nSPS) is 12.7. The second kappa shape index (κ2) is 8.15. The number of aliphatic hydroxyl groups is 1. The molecule has 1 amide bonds. The minimum absolute atomic E-state index is 0.0623. The number of nitrogens with two attached hydrogens (primary N) is 1. The van der Waals surface area contributed by atoms with Crippen molar-refractivity contribution in [3.05, 3.63) is 48.3 Å². The van der Waals surface area contributed by atoms with Crippen LogP contribution in [0.2, 0.25) is 0 Å². The molecule has 0 saturated carbocycles. The molecule has 1 heterocycles. The predicted octanol–water partition coefficient (Wildman–Crippen LogP) is 0.291. The molecule has 2 aromatic rings. The van der Waals surface area contributed by atoms with Crippen molar-refractivity contribution >= 4 is 15.9 Å². The van der Waals surface area contributed by atoms with Crippen LogP contribution < -0.4 is 15.2 Å². The van der Waals surface area contributed by atoms with Crippen molar-refractivity contribution in [2.45, 2.75) is 17.4 Å². The molecule has 8 nitrogen and oxygen atoms in total. The average molecular weight is 367 g/mol. The highest BCUT2D eigenvalue weighted by Crippen LogP contribution is 2.18. The highest BCUT2D eigenvalue weighted by molar-refractivity contribution is 7.89. The van der Waals surface area contributed by atoms with Gasteiger partial charge in [-0.1, -0.05) is 0 Å². The highest BCUT2D eigenvalue weighted by atomic mass is 32.2. The zero-order valence-corrected chi connectivity index (χ0v) is 14.6. The standard InChI is InChI=1S/C16H21N3O5S/c1-19-10-2-3-14(19)15(20)8-9-18-25(22,23)13-6-4-12(5-7-13)24-11-16(17)21/h2-7,10,15,18,20H,8-9,11H2,1H3,(H2,17,21). The second-order valence-corrected chi connectivity index (χ2v) is 7.24. The number of hydrogen-bond acceptors (Lipinski definition) is 5. The van der Waals surface area contributed by atoms with Gasteiger partial charge in [-0.2, -0.15) is 0 Å². The fourth-order valence-corrected chi connectivity index (χ4v) is 3.30. The van der Waals surface area contributed by atoms with E-state index >= 15 is 0 Å². The van der Waals surface area contributed by atoms with Gasteiger partial charge in [0.05, 0.1) is 11.0 Å². The molecular weight excluding hydrogens is 346 g/mol. The largest absolute Gasteiger partial charge is 0.484 e. The summed E-state index contributed by atoms with van der Waals surface area (Å²) in [6.45, 7) is -0.185. The van der Waals surface area contributed by atoms with Crippen LogP contribution in [0.15, 0.2) is 47.5 Å². The Morgan fingerprint density at radius 3 is 2.56 bits per heavy atom. The van der Waals surface area contributed by atoms with Crippen LogP contribution in [0.1, 0.15) is 18.2 Å². The Morgan fingerprint density at radius 1 is 1.32 bits per heavy atom. The second-order valence-electron chi connectivity index (χ2n) is 5.47. The molecule has 0 bridgehead atoms. The number of nitrogens with zero attached hydrogens (tertiary/aromatic N) is 1. The number of sulfonamides is 1. The summed E-state index contributed by atoms with van der Waals surface area (Å²) in [5, 5.41) is 10.1. The Morgan fingerprint density at radius 2 is 2.00 bits per heavy atom. The van der Waals surface area contributed by atoms with Crippen molar-refractivity contribution in [1.82, 2.24) is 9.29 Å². The number of ether oxygens (including phenoxy) is 1. The van der Waals surface area contributed by atoms with Gasteiger partial charge in [-0.05, 0) is 42.8 Å². The minimum atomic E-state index is -3.70. The highest BCUT2D eigenvalue weighted by Gasteiger charge is 2.16. The molecule has 0 spiro atoms.